The first-order valence-electron chi connectivity index (χ1n) is 3.70. The standard InChI is InChI=1S/C7H8.CHF3O3S.Zn/c1-7-5-3-2-4-6-7;2-1(3,4)8(5,6)7;/h2-6H,1H3;(H,5,6,7);. The average Bonchev–Trinajstić information content (AvgIpc) is 2.02. The normalized spacial score (nSPS) is 10.8. The molecule has 0 radical (unpaired) electrons. The van der Waals surface area contributed by atoms with Crippen LogP contribution >= 0.6 is 0 Å². The van der Waals surface area contributed by atoms with Gasteiger partial charge in [0.15, 0.2) is 0 Å². The molecule has 1 N–H and O–H groups in total. The monoisotopic (exact) mass is 306 g/mol. The Morgan fingerprint density at radius 3 is 1.56 bits per heavy atom. The molecule has 1 aromatic rings. The Labute approximate surface area is 104 Å². The minimum Gasteiger partial charge on any atom is -0.279 e. The van der Waals surface area contributed by atoms with Crippen LogP contribution in [-0.4, -0.2) is 18.5 Å². The van der Waals surface area contributed by atoms with E-state index >= 15 is 0 Å². The van der Waals surface area contributed by atoms with Crippen LogP contribution in [0.15, 0.2) is 30.3 Å². The summed E-state index contributed by atoms with van der Waals surface area (Å²) in [5.41, 5.74) is -4.21. The van der Waals surface area contributed by atoms with Crippen LogP contribution in [0.5, 0.6) is 0 Å². The van der Waals surface area contributed by atoms with Crippen LogP contribution in [0.2, 0.25) is 0 Å². The molecule has 3 nitrogen and oxygen atoms in total. The quantitative estimate of drug-likeness (QED) is 0.455. The van der Waals surface area contributed by atoms with Crippen molar-refractivity contribution in [1.29, 1.82) is 0 Å². The fourth-order valence-electron chi connectivity index (χ4n) is 0.534. The van der Waals surface area contributed by atoms with E-state index in [0.29, 0.717) is 0 Å². The van der Waals surface area contributed by atoms with Crippen LogP contribution < -0.4 is 0 Å². The molecular formula is C8H9F3O3SZn. The van der Waals surface area contributed by atoms with Crippen molar-refractivity contribution in [3.63, 3.8) is 0 Å². The second-order valence-electron chi connectivity index (χ2n) is 2.58. The summed E-state index contributed by atoms with van der Waals surface area (Å²) in [6, 6.07) is 10.3. The van der Waals surface area contributed by atoms with Gasteiger partial charge in [0.2, 0.25) is 0 Å². The van der Waals surface area contributed by atoms with Crippen LogP contribution in [0.3, 0.4) is 0 Å². The molecule has 0 aliphatic heterocycles. The Kier molecular flexibility index (Phi) is 7.82. The molecule has 0 unspecified atom stereocenters. The van der Waals surface area contributed by atoms with E-state index in [9.17, 15) is 13.2 Å². The molecule has 1 aromatic carbocycles. The van der Waals surface area contributed by atoms with Gasteiger partial charge in [0.1, 0.15) is 0 Å². The molecular weight excluding hydrogens is 299 g/mol. The Morgan fingerprint density at radius 1 is 1.12 bits per heavy atom. The van der Waals surface area contributed by atoms with E-state index in [1.165, 1.54) is 5.56 Å². The first-order valence-corrected chi connectivity index (χ1v) is 5.14. The Morgan fingerprint density at radius 2 is 1.44 bits per heavy atom. The molecule has 8 heteroatoms. The summed E-state index contributed by atoms with van der Waals surface area (Å²) in [5, 5.41) is 0. The maximum absolute atomic E-state index is 10.7. The molecule has 0 heterocycles. The zero-order chi connectivity index (χ0) is 12.1. The van der Waals surface area contributed by atoms with Gasteiger partial charge in [0, 0.05) is 19.5 Å². The van der Waals surface area contributed by atoms with Gasteiger partial charge in [0.05, 0.1) is 0 Å². The van der Waals surface area contributed by atoms with E-state index in [1.807, 2.05) is 18.2 Å². The van der Waals surface area contributed by atoms with Gasteiger partial charge in [-0.25, -0.2) is 0 Å². The zero-order valence-corrected chi connectivity index (χ0v) is 12.2. The molecule has 0 aliphatic carbocycles. The van der Waals surface area contributed by atoms with E-state index in [1.54, 1.807) is 0 Å². The van der Waals surface area contributed by atoms with Crippen molar-refractivity contribution in [3.05, 3.63) is 35.9 Å². The summed E-state index contributed by atoms with van der Waals surface area (Å²) in [4.78, 5) is 0. The van der Waals surface area contributed by atoms with Crippen molar-refractivity contribution in [2.24, 2.45) is 0 Å². The maximum atomic E-state index is 10.7. The summed E-state index contributed by atoms with van der Waals surface area (Å²) in [6.45, 7) is 2.08. The van der Waals surface area contributed by atoms with Gasteiger partial charge >= 0.3 is 15.6 Å². The largest absolute Gasteiger partial charge is 0.522 e. The molecule has 0 saturated heterocycles. The van der Waals surface area contributed by atoms with Crippen LogP contribution in [-0.2, 0) is 29.6 Å². The molecule has 0 amide bonds. The van der Waals surface area contributed by atoms with E-state index in [-0.39, 0.29) is 19.5 Å². The van der Waals surface area contributed by atoms with Crippen molar-refractivity contribution >= 4 is 10.1 Å². The third kappa shape index (κ3) is 7.79. The number of rotatable bonds is 0. The number of aryl methyl sites for hydroxylation is 1. The molecule has 0 bridgehead atoms. The van der Waals surface area contributed by atoms with E-state index in [0.717, 1.165) is 0 Å². The molecule has 0 fully saturated rings. The molecule has 1 rings (SSSR count). The fraction of sp³-hybridized carbons (Fsp3) is 0.250. The third-order valence-corrected chi connectivity index (χ3v) is 1.82. The summed E-state index contributed by atoms with van der Waals surface area (Å²) in [7, 11) is -5.84. The number of halogens is 3. The summed E-state index contributed by atoms with van der Waals surface area (Å²) >= 11 is 0. The maximum Gasteiger partial charge on any atom is 0.522 e. The first-order chi connectivity index (χ1) is 6.64. The number of alkyl halides is 3. The van der Waals surface area contributed by atoms with Gasteiger partial charge in [0.25, 0.3) is 0 Å². The van der Waals surface area contributed by atoms with E-state index < -0.39 is 15.6 Å². The second kappa shape index (κ2) is 6.98. The van der Waals surface area contributed by atoms with Crippen LogP contribution in [0, 0.1) is 6.92 Å². The fourth-order valence-corrected chi connectivity index (χ4v) is 0.534. The Hall–Kier alpha value is -0.457. The summed E-state index contributed by atoms with van der Waals surface area (Å²) in [5.74, 6) is 0. The first kappa shape index (κ1) is 17.9. The van der Waals surface area contributed by atoms with Crippen molar-refractivity contribution in [2.75, 3.05) is 0 Å². The average molecular weight is 308 g/mol. The predicted molar refractivity (Wildman–Crippen MR) is 48.8 cm³/mol. The van der Waals surface area contributed by atoms with Crippen molar-refractivity contribution in [2.45, 2.75) is 12.4 Å². The van der Waals surface area contributed by atoms with Crippen LogP contribution in [0.25, 0.3) is 0 Å². The second-order valence-corrected chi connectivity index (χ2v) is 3.99. The zero-order valence-electron chi connectivity index (χ0n) is 8.40. The van der Waals surface area contributed by atoms with E-state index in [4.69, 9.17) is 13.0 Å². The summed E-state index contributed by atoms with van der Waals surface area (Å²) < 4.78 is 57.5. The Balaban J connectivity index is 0. The molecule has 0 atom stereocenters. The van der Waals surface area contributed by atoms with Gasteiger partial charge in [-0.15, -0.1) is 0 Å². The van der Waals surface area contributed by atoms with Gasteiger partial charge in [-0.3, -0.25) is 4.55 Å². The van der Waals surface area contributed by atoms with Gasteiger partial charge < -0.3 is 0 Å². The van der Waals surface area contributed by atoms with Gasteiger partial charge in [-0.1, -0.05) is 35.9 Å². The topological polar surface area (TPSA) is 54.4 Å². The number of benzene rings is 1. The van der Waals surface area contributed by atoms with Crippen molar-refractivity contribution in [3.8, 4) is 0 Å². The minimum atomic E-state index is -5.84. The van der Waals surface area contributed by atoms with Gasteiger partial charge in [-0.2, -0.15) is 21.6 Å². The molecule has 0 aliphatic rings. The third-order valence-electron chi connectivity index (χ3n) is 1.23. The SMILES string of the molecule is Cc1ccccc1.O=S(=O)(O)C(F)(F)F.[Zn]. The smallest absolute Gasteiger partial charge is 0.279 e. The van der Waals surface area contributed by atoms with E-state index in [2.05, 4.69) is 19.1 Å². The molecule has 16 heavy (non-hydrogen) atoms. The molecule has 0 spiro atoms. The van der Waals surface area contributed by atoms with Crippen molar-refractivity contribution < 1.29 is 45.6 Å². The summed E-state index contributed by atoms with van der Waals surface area (Å²) in [6.07, 6.45) is 0. The van der Waals surface area contributed by atoms with Crippen LogP contribution in [0.4, 0.5) is 13.2 Å². The molecule has 88 valence electrons. The van der Waals surface area contributed by atoms with Crippen molar-refractivity contribution in [1.82, 2.24) is 0 Å². The van der Waals surface area contributed by atoms with Gasteiger partial charge in [-0.05, 0) is 6.92 Å². The Bertz CT molecular complexity index is 389. The molecule has 0 saturated carbocycles. The number of hydrogen-bond acceptors (Lipinski definition) is 2. The van der Waals surface area contributed by atoms with Crippen LogP contribution in [0.1, 0.15) is 5.56 Å². The molecule has 0 aromatic heterocycles. The predicted octanol–water partition coefficient (Wildman–Crippen LogP) is 2.39. The minimum absolute atomic E-state index is 0. The number of hydrogen-bond donors (Lipinski definition) is 1.